The van der Waals surface area contributed by atoms with Gasteiger partial charge in [-0.05, 0) is 18.6 Å². The molecule has 0 aromatic rings. The average Bonchev–Trinajstić information content (AvgIpc) is 2.39. The Morgan fingerprint density at radius 2 is 1.90 bits per heavy atom. The number of hydrogen-bond acceptors (Lipinski definition) is 6. The Balaban J connectivity index is 3.03. The van der Waals surface area contributed by atoms with Crippen molar-refractivity contribution in [2.45, 2.75) is 6.92 Å². The number of sulfone groups is 1. The molecule has 3 N–H and O–H groups in total. The second-order valence-corrected chi connectivity index (χ2v) is 6.55. The van der Waals surface area contributed by atoms with E-state index in [0.717, 1.165) is 6.26 Å². The highest BCUT2D eigenvalue weighted by molar-refractivity contribution is 7.94. The molecule has 1 heterocycles. The van der Waals surface area contributed by atoms with Crippen molar-refractivity contribution >= 4 is 15.7 Å². The standard InChI is InChI=1S/C12H21N3O4S/c1-9(8-10(13)20(3,17)18)11(14-2)12(16)15-4-6-19-7-5-15/h8,14H,4-7,13H2,1-3H3/b10-8+,11-9-. The molecule has 0 saturated carbocycles. The van der Waals surface area contributed by atoms with Crippen LogP contribution in [0.1, 0.15) is 6.92 Å². The molecule has 8 heteroatoms. The SMILES string of the molecule is CN/C(C(=O)N1CCOCC1)=C(C)\C=C(/N)S(C)(=O)=O. The van der Waals surface area contributed by atoms with Gasteiger partial charge in [0.25, 0.3) is 5.91 Å². The van der Waals surface area contributed by atoms with E-state index in [0.29, 0.717) is 37.6 Å². The lowest BCUT2D eigenvalue weighted by Crippen LogP contribution is -2.43. The summed E-state index contributed by atoms with van der Waals surface area (Å²) in [6, 6.07) is 0. The molecule has 0 bridgehead atoms. The van der Waals surface area contributed by atoms with Gasteiger partial charge in [-0.2, -0.15) is 0 Å². The van der Waals surface area contributed by atoms with Crippen LogP contribution in [-0.2, 0) is 19.4 Å². The molecule has 1 amide bonds. The molecule has 1 aliphatic heterocycles. The lowest BCUT2D eigenvalue weighted by Gasteiger charge is -2.28. The summed E-state index contributed by atoms with van der Waals surface area (Å²) >= 11 is 0. The van der Waals surface area contributed by atoms with Crippen LogP contribution in [-0.4, -0.2) is 58.8 Å². The first-order chi connectivity index (χ1) is 9.27. The Kier molecular flexibility index (Phi) is 5.58. The first kappa shape index (κ1) is 16.5. The fraction of sp³-hybridized carbons (Fsp3) is 0.583. The topological polar surface area (TPSA) is 102 Å². The fourth-order valence-electron chi connectivity index (χ4n) is 1.79. The average molecular weight is 303 g/mol. The Morgan fingerprint density at radius 1 is 1.35 bits per heavy atom. The van der Waals surface area contributed by atoms with Crippen molar-refractivity contribution in [1.29, 1.82) is 0 Å². The maximum absolute atomic E-state index is 12.3. The molecule has 1 fully saturated rings. The highest BCUT2D eigenvalue weighted by Gasteiger charge is 2.21. The van der Waals surface area contributed by atoms with Gasteiger partial charge < -0.3 is 20.7 Å². The predicted octanol–water partition coefficient (Wildman–Crippen LogP) is -0.817. The molecule has 0 aromatic carbocycles. The number of nitrogens with two attached hydrogens (primary N) is 1. The normalized spacial score (nSPS) is 18.6. The van der Waals surface area contributed by atoms with Gasteiger partial charge in [0.1, 0.15) is 10.7 Å². The van der Waals surface area contributed by atoms with Crippen LogP contribution in [0, 0.1) is 0 Å². The lowest BCUT2D eigenvalue weighted by molar-refractivity contribution is -0.131. The van der Waals surface area contributed by atoms with Crippen LogP contribution in [0.25, 0.3) is 0 Å². The summed E-state index contributed by atoms with van der Waals surface area (Å²) in [5, 5.41) is 2.54. The Morgan fingerprint density at radius 3 is 2.35 bits per heavy atom. The largest absolute Gasteiger partial charge is 0.389 e. The summed E-state index contributed by atoms with van der Waals surface area (Å²) in [7, 11) is -1.85. The molecule has 0 aromatic heterocycles. The van der Waals surface area contributed by atoms with E-state index in [1.807, 2.05) is 0 Å². The number of likely N-dealkylation sites (N-methyl/N-ethyl adjacent to an activating group) is 1. The zero-order chi connectivity index (χ0) is 15.3. The van der Waals surface area contributed by atoms with Gasteiger partial charge in [-0.1, -0.05) is 0 Å². The minimum Gasteiger partial charge on any atom is -0.389 e. The second kappa shape index (κ2) is 6.76. The molecule has 0 atom stereocenters. The quantitative estimate of drug-likeness (QED) is 0.520. The molecule has 0 radical (unpaired) electrons. The highest BCUT2D eigenvalue weighted by atomic mass is 32.2. The maximum Gasteiger partial charge on any atom is 0.270 e. The Labute approximate surface area is 119 Å². The summed E-state index contributed by atoms with van der Waals surface area (Å²) < 4.78 is 27.8. The van der Waals surface area contributed by atoms with Crippen LogP contribution in [0.3, 0.4) is 0 Å². The highest BCUT2D eigenvalue weighted by Crippen LogP contribution is 2.11. The third-order valence-electron chi connectivity index (χ3n) is 2.94. The van der Waals surface area contributed by atoms with E-state index in [9.17, 15) is 13.2 Å². The molecule has 1 saturated heterocycles. The lowest BCUT2D eigenvalue weighted by atomic mass is 10.2. The number of rotatable bonds is 4. The van der Waals surface area contributed by atoms with Crippen molar-refractivity contribution in [2.24, 2.45) is 5.73 Å². The monoisotopic (exact) mass is 303 g/mol. The number of allylic oxidation sites excluding steroid dienone is 2. The first-order valence-corrected chi connectivity index (χ1v) is 8.09. The van der Waals surface area contributed by atoms with Gasteiger partial charge in [0.15, 0.2) is 9.84 Å². The number of morpholine rings is 1. The van der Waals surface area contributed by atoms with E-state index < -0.39 is 9.84 Å². The fourth-order valence-corrected chi connectivity index (χ4v) is 2.18. The predicted molar refractivity (Wildman–Crippen MR) is 76.3 cm³/mol. The van der Waals surface area contributed by atoms with Crippen molar-refractivity contribution in [2.75, 3.05) is 39.6 Å². The van der Waals surface area contributed by atoms with Gasteiger partial charge in [0.2, 0.25) is 0 Å². The van der Waals surface area contributed by atoms with Crippen LogP contribution in [0.2, 0.25) is 0 Å². The van der Waals surface area contributed by atoms with E-state index in [1.54, 1.807) is 18.9 Å². The Bertz CT molecular complexity index is 531. The van der Waals surface area contributed by atoms with E-state index in [1.165, 1.54) is 6.08 Å². The van der Waals surface area contributed by atoms with Gasteiger partial charge >= 0.3 is 0 Å². The molecular weight excluding hydrogens is 282 g/mol. The van der Waals surface area contributed by atoms with Crippen LogP contribution in [0.4, 0.5) is 0 Å². The van der Waals surface area contributed by atoms with Gasteiger partial charge in [0, 0.05) is 26.4 Å². The van der Waals surface area contributed by atoms with Crippen molar-refractivity contribution in [3.63, 3.8) is 0 Å². The molecule has 0 unspecified atom stereocenters. The van der Waals surface area contributed by atoms with Crippen LogP contribution in [0.5, 0.6) is 0 Å². The number of nitrogens with zero attached hydrogens (tertiary/aromatic N) is 1. The van der Waals surface area contributed by atoms with Gasteiger partial charge in [-0.15, -0.1) is 0 Å². The third kappa shape index (κ3) is 4.24. The first-order valence-electron chi connectivity index (χ1n) is 6.20. The molecule has 1 rings (SSSR count). The summed E-state index contributed by atoms with van der Waals surface area (Å²) in [6.45, 7) is 3.68. The molecule has 114 valence electrons. The van der Waals surface area contributed by atoms with Gasteiger partial charge in [0.05, 0.1) is 13.2 Å². The van der Waals surface area contributed by atoms with E-state index in [4.69, 9.17) is 10.5 Å². The minimum absolute atomic E-state index is 0.189. The molecule has 7 nitrogen and oxygen atoms in total. The van der Waals surface area contributed by atoms with Crippen LogP contribution < -0.4 is 11.1 Å². The molecule has 1 aliphatic rings. The molecule has 0 spiro atoms. The van der Waals surface area contributed by atoms with E-state index in [2.05, 4.69) is 5.32 Å². The van der Waals surface area contributed by atoms with Gasteiger partial charge in [-0.25, -0.2) is 8.42 Å². The van der Waals surface area contributed by atoms with Crippen molar-refractivity contribution < 1.29 is 17.9 Å². The van der Waals surface area contributed by atoms with Crippen molar-refractivity contribution in [3.05, 3.63) is 22.4 Å². The van der Waals surface area contributed by atoms with Crippen molar-refractivity contribution in [3.8, 4) is 0 Å². The Hall–Kier alpha value is -1.54. The number of nitrogens with one attached hydrogen (secondary N) is 1. The molecular formula is C12H21N3O4S. The number of hydrogen-bond donors (Lipinski definition) is 2. The van der Waals surface area contributed by atoms with E-state index in [-0.39, 0.29) is 10.9 Å². The van der Waals surface area contributed by atoms with Gasteiger partial charge in [-0.3, -0.25) is 4.79 Å². The summed E-state index contributed by atoms with van der Waals surface area (Å²) in [5.74, 6) is -0.189. The minimum atomic E-state index is -3.46. The van der Waals surface area contributed by atoms with Crippen LogP contribution >= 0.6 is 0 Å². The van der Waals surface area contributed by atoms with Crippen molar-refractivity contribution in [1.82, 2.24) is 10.2 Å². The number of amides is 1. The summed E-state index contributed by atoms with van der Waals surface area (Å²) in [4.78, 5) is 14.0. The third-order valence-corrected chi connectivity index (χ3v) is 3.92. The summed E-state index contributed by atoms with van der Waals surface area (Å²) in [6.07, 6.45) is 2.31. The number of ether oxygens (including phenoxy) is 1. The zero-order valence-electron chi connectivity index (χ0n) is 12.0. The number of carbonyl (C=O) groups is 1. The molecule has 20 heavy (non-hydrogen) atoms. The smallest absolute Gasteiger partial charge is 0.270 e. The maximum atomic E-state index is 12.3. The second-order valence-electron chi connectivity index (χ2n) is 4.53. The van der Waals surface area contributed by atoms with Crippen LogP contribution in [0.15, 0.2) is 22.4 Å². The zero-order valence-corrected chi connectivity index (χ0v) is 12.8. The number of carbonyl (C=O) groups excluding carboxylic acids is 1. The molecule has 0 aliphatic carbocycles. The van der Waals surface area contributed by atoms with E-state index >= 15 is 0 Å². The summed E-state index contributed by atoms with van der Waals surface area (Å²) in [5.41, 5.74) is 6.30.